The highest BCUT2D eigenvalue weighted by atomic mass is 32.2. The van der Waals surface area contributed by atoms with Crippen LogP contribution in [0.3, 0.4) is 0 Å². The van der Waals surface area contributed by atoms with E-state index in [1.54, 1.807) is 25.4 Å². The first-order chi connectivity index (χ1) is 9.47. The molecule has 0 saturated heterocycles. The number of hydrogen-bond donors (Lipinski definition) is 3. The van der Waals surface area contributed by atoms with E-state index in [4.69, 9.17) is 5.11 Å². The highest BCUT2D eigenvalue weighted by Gasteiger charge is 2.24. The molecule has 20 heavy (non-hydrogen) atoms. The van der Waals surface area contributed by atoms with E-state index in [2.05, 4.69) is 14.7 Å². The fourth-order valence-electron chi connectivity index (χ4n) is 1.82. The Kier molecular flexibility index (Phi) is 4.59. The molecule has 0 aliphatic heterocycles. The van der Waals surface area contributed by atoms with E-state index < -0.39 is 16.1 Å². The Balaban J connectivity index is 2.25. The summed E-state index contributed by atoms with van der Waals surface area (Å²) in [5.41, 5.74) is 0.781. The number of aromatic amines is 1. The molecule has 0 aliphatic carbocycles. The summed E-state index contributed by atoms with van der Waals surface area (Å²) in [7, 11) is -3.61. The Morgan fingerprint density at radius 2 is 2.30 bits per heavy atom. The zero-order chi connectivity index (χ0) is 14.8. The first-order valence-electron chi connectivity index (χ1n) is 6.19. The van der Waals surface area contributed by atoms with Gasteiger partial charge in [0.15, 0.2) is 0 Å². The van der Waals surface area contributed by atoms with Gasteiger partial charge in [-0.25, -0.2) is 13.4 Å². The van der Waals surface area contributed by atoms with Gasteiger partial charge in [0.05, 0.1) is 12.6 Å². The maximum absolute atomic E-state index is 12.4. The smallest absolute Gasteiger partial charge is 0.250 e. The van der Waals surface area contributed by atoms with Gasteiger partial charge in [0, 0.05) is 17.3 Å². The minimum absolute atomic E-state index is 0.151. The molecule has 2 heterocycles. The minimum atomic E-state index is -3.61. The van der Waals surface area contributed by atoms with Crippen molar-refractivity contribution in [2.24, 2.45) is 0 Å². The predicted molar refractivity (Wildman–Crippen MR) is 76.9 cm³/mol. The zero-order valence-corrected chi connectivity index (χ0v) is 12.9. The lowest BCUT2D eigenvalue weighted by molar-refractivity contribution is 0.285. The summed E-state index contributed by atoms with van der Waals surface area (Å²) < 4.78 is 27.6. The molecule has 2 rings (SSSR count). The van der Waals surface area contributed by atoms with E-state index in [0.717, 1.165) is 16.9 Å². The van der Waals surface area contributed by atoms with Crippen molar-refractivity contribution in [2.45, 2.75) is 37.1 Å². The molecular weight excluding hydrogens is 298 g/mol. The summed E-state index contributed by atoms with van der Waals surface area (Å²) in [5.74, 6) is 0.590. The van der Waals surface area contributed by atoms with Gasteiger partial charge in [-0.2, -0.15) is 4.72 Å². The second-order valence-electron chi connectivity index (χ2n) is 4.39. The molecular formula is C12H17N3O3S2. The van der Waals surface area contributed by atoms with Crippen LogP contribution in [0.25, 0.3) is 0 Å². The molecule has 110 valence electrons. The lowest BCUT2D eigenvalue weighted by atomic mass is 10.2. The molecule has 0 radical (unpaired) electrons. The van der Waals surface area contributed by atoms with Gasteiger partial charge in [0.25, 0.3) is 10.0 Å². The topological polar surface area (TPSA) is 95.1 Å². The number of H-pyrrole nitrogens is 1. The summed E-state index contributed by atoms with van der Waals surface area (Å²) in [6, 6.07) is 1.18. The van der Waals surface area contributed by atoms with Crippen LogP contribution in [0.4, 0.5) is 0 Å². The zero-order valence-electron chi connectivity index (χ0n) is 11.3. The third-order valence-corrected chi connectivity index (χ3v) is 6.13. The number of hydrogen-bond acceptors (Lipinski definition) is 5. The number of aryl methyl sites for hydroxylation is 1. The molecule has 0 spiro atoms. The number of imidazole rings is 1. The Bertz CT molecular complexity index is 662. The molecule has 0 aliphatic rings. The van der Waals surface area contributed by atoms with E-state index in [-0.39, 0.29) is 10.8 Å². The maximum atomic E-state index is 12.4. The third kappa shape index (κ3) is 3.09. The van der Waals surface area contributed by atoms with Gasteiger partial charge >= 0.3 is 0 Å². The summed E-state index contributed by atoms with van der Waals surface area (Å²) >= 11 is 1.09. The van der Waals surface area contributed by atoms with Crippen molar-refractivity contribution in [3.8, 4) is 0 Å². The van der Waals surface area contributed by atoms with Crippen molar-refractivity contribution in [3.63, 3.8) is 0 Å². The molecule has 6 nitrogen and oxygen atoms in total. The van der Waals surface area contributed by atoms with Gasteiger partial charge in [0.2, 0.25) is 0 Å². The van der Waals surface area contributed by atoms with Crippen LogP contribution in [0.15, 0.2) is 22.7 Å². The molecule has 0 bridgehead atoms. The molecule has 1 atom stereocenters. The van der Waals surface area contributed by atoms with E-state index >= 15 is 0 Å². The number of rotatable bonds is 6. The number of aliphatic hydroxyl groups is 1. The number of nitrogens with one attached hydrogen (secondary N) is 2. The molecule has 2 aromatic rings. The fraction of sp³-hybridized carbons (Fsp3) is 0.417. The van der Waals surface area contributed by atoms with Crippen molar-refractivity contribution >= 4 is 21.4 Å². The van der Waals surface area contributed by atoms with Gasteiger partial charge in [0.1, 0.15) is 10.0 Å². The van der Waals surface area contributed by atoms with E-state index in [1.165, 1.54) is 0 Å². The SMILES string of the molecule is CCC(NS(=O)(=O)c1cc(C)c(CO)s1)c1ncc[nH]1. The molecule has 0 saturated carbocycles. The van der Waals surface area contributed by atoms with E-state index in [1.807, 2.05) is 6.92 Å². The normalized spacial score (nSPS) is 13.6. The van der Waals surface area contributed by atoms with Crippen molar-refractivity contribution < 1.29 is 13.5 Å². The fourth-order valence-corrected chi connectivity index (χ4v) is 4.57. The second kappa shape index (κ2) is 6.04. The van der Waals surface area contributed by atoms with Crippen LogP contribution >= 0.6 is 11.3 Å². The molecule has 3 N–H and O–H groups in total. The van der Waals surface area contributed by atoms with Crippen molar-refractivity contribution in [1.82, 2.24) is 14.7 Å². The number of sulfonamides is 1. The molecule has 2 aromatic heterocycles. The van der Waals surface area contributed by atoms with Crippen LogP contribution in [0.5, 0.6) is 0 Å². The van der Waals surface area contributed by atoms with Crippen LogP contribution in [-0.2, 0) is 16.6 Å². The van der Waals surface area contributed by atoms with Gasteiger partial charge in [-0.3, -0.25) is 0 Å². The monoisotopic (exact) mass is 315 g/mol. The van der Waals surface area contributed by atoms with Crippen LogP contribution in [0.1, 0.15) is 35.7 Å². The van der Waals surface area contributed by atoms with E-state index in [0.29, 0.717) is 17.1 Å². The average Bonchev–Trinajstić information content (AvgIpc) is 3.05. The first-order valence-corrected chi connectivity index (χ1v) is 8.49. The second-order valence-corrected chi connectivity index (χ2v) is 7.46. The minimum Gasteiger partial charge on any atom is -0.391 e. The number of nitrogens with zero attached hydrogens (tertiary/aromatic N) is 1. The third-order valence-electron chi connectivity index (χ3n) is 2.96. The number of aromatic nitrogens is 2. The molecule has 0 aromatic carbocycles. The molecule has 1 unspecified atom stereocenters. The van der Waals surface area contributed by atoms with Crippen LogP contribution in [0, 0.1) is 6.92 Å². The molecule has 8 heteroatoms. The molecule has 0 amide bonds. The van der Waals surface area contributed by atoms with Crippen LogP contribution in [0.2, 0.25) is 0 Å². The number of aliphatic hydroxyl groups excluding tert-OH is 1. The highest BCUT2D eigenvalue weighted by molar-refractivity contribution is 7.91. The summed E-state index contributed by atoms with van der Waals surface area (Å²) in [6.45, 7) is 3.51. The van der Waals surface area contributed by atoms with Crippen molar-refractivity contribution in [2.75, 3.05) is 0 Å². The number of thiophene rings is 1. The lowest BCUT2D eigenvalue weighted by Gasteiger charge is -2.13. The van der Waals surface area contributed by atoms with Gasteiger partial charge in [-0.05, 0) is 25.0 Å². The predicted octanol–water partition coefficient (Wildman–Crippen LogP) is 1.70. The molecule has 0 fully saturated rings. The Hall–Kier alpha value is -1.22. The van der Waals surface area contributed by atoms with Gasteiger partial charge in [-0.1, -0.05) is 6.92 Å². The Morgan fingerprint density at radius 3 is 2.80 bits per heavy atom. The average molecular weight is 315 g/mol. The van der Waals surface area contributed by atoms with Gasteiger partial charge < -0.3 is 10.1 Å². The summed E-state index contributed by atoms with van der Waals surface area (Å²) in [4.78, 5) is 7.66. The Morgan fingerprint density at radius 1 is 1.55 bits per heavy atom. The quantitative estimate of drug-likeness (QED) is 0.756. The summed E-state index contributed by atoms with van der Waals surface area (Å²) in [6.07, 6.45) is 3.83. The van der Waals surface area contributed by atoms with E-state index in [9.17, 15) is 8.42 Å². The Labute approximate surface area is 121 Å². The maximum Gasteiger partial charge on any atom is 0.250 e. The van der Waals surface area contributed by atoms with Crippen LogP contribution < -0.4 is 4.72 Å². The van der Waals surface area contributed by atoms with Crippen molar-refractivity contribution in [3.05, 3.63) is 34.7 Å². The highest BCUT2D eigenvalue weighted by Crippen LogP contribution is 2.27. The lowest BCUT2D eigenvalue weighted by Crippen LogP contribution is -2.28. The first kappa shape index (κ1) is 15.2. The summed E-state index contributed by atoms with van der Waals surface area (Å²) in [5, 5.41) is 9.16. The standard InChI is InChI=1S/C12H17N3O3S2/c1-3-9(12-13-4-5-14-12)15-20(17,18)11-6-8(2)10(7-16)19-11/h4-6,9,15-16H,3,7H2,1-2H3,(H,13,14). The van der Waals surface area contributed by atoms with Gasteiger partial charge in [-0.15, -0.1) is 11.3 Å². The van der Waals surface area contributed by atoms with Crippen LogP contribution in [-0.4, -0.2) is 23.5 Å². The van der Waals surface area contributed by atoms with Crippen molar-refractivity contribution in [1.29, 1.82) is 0 Å². The largest absolute Gasteiger partial charge is 0.391 e.